The maximum atomic E-state index is 13.9. The van der Waals surface area contributed by atoms with Crippen LogP contribution < -0.4 is 5.01 Å². The number of hydrogen-bond donors (Lipinski definition) is 0. The first kappa shape index (κ1) is 42.0. The molecule has 7 rings (SSSR count). The average molecular weight is 878 g/mol. The predicted molar refractivity (Wildman–Crippen MR) is 204 cm³/mol. The number of hydrazone groups is 1. The number of nitrogens with zero attached hydrogens (tertiary/aromatic N) is 3. The fraction of sp³-hybridized carbons (Fsp3) is 0.615. The van der Waals surface area contributed by atoms with Crippen LogP contribution in [0.1, 0.15) is 116 Å². The minimum absolute atomic E-state index is 0.0465. The first-order chi connectivity index (χ1) is 25.1. The van der Waals surface area contributed by atoms with Crippen molar-refractivity contribution in [1.82, 2.24) is 4.90 Å². The summed E-state index contributed by atoms with van der Waals surface area (Å²) in [4.78, 5) is 1.63. The molecule has 0 radical (unpaired) electrons. The van der Waals surface area contributed by atoms with Gasteiger partial charge in [0.05, 0.1) is 23.6 Å². The third-order valence-electron chi connectivity index (χ3n) is 11.0. The summed E-state index contributed by atoms with van der Waals surface area (Å²) in [5, 5.41) is 4.57. The standard InChI is InChI=1S/C18H33P.C14H13F5N3O.C7H6.2ClH.Ru/c1-4-10-16(11-5-1)19(17-12-6-2-7-13-17)18-14-8-3-9-15-18;1-6(2)7-3-23-4-8-20-22(5-21(7)8)14-12(18)10(16)9(15)11(17)13(14)19;1-7-5-3-2-4-6-7;;;/h16-18H,1-15H2;5-7H,3-4H2,1-2H3;1-6H;2*1H;/q;-1;;;;+2/p-1/t;7-;;;;/m.1..../s1. The number of fused-ring (bicyclic) bond motifs is 1. The van der Waals surface area contributed by atoms with Crippen LogP contribution in [0.2, 0.25) is 0 Å². The van der Waals surface area contributed by atoms with Crippen molar-refractivity contribution in [3.63, 3.8) is 0 Å². The van der Waals surface area contributed by atoms with Gasteiger partial charge in [-0.1, -0.05) is 33.1 Å². The molecular weight excluding hydrogens is 824 g/mol. The molecule has 2 aromatic rings. The van der Waals surface area contributed by atoms with Crippen LogP contribution in [0.4, 0.5) is 27.6 Å². The SMILES string of the molecule is C1CCC([PH+](C2CCCCC2)C2CCCCC2)CC1.CC(C)[C@H]1COCC2=NN(c3c(F)c(F)c(F)c(F)c3F)[CH-]N21.[Cl][Ru]([Cl])=[CH]c1ccccc1. The van der Waals surface area contributed by atoms with Crippen molar-refractivity contribution in [2.24, 2.45) is 11.0 Å². The molecular formula is C39H53Cl2F5N3OPRu. The van der Waals surface area contributed by atoms with Crippen LogP contribution in [0.3, 0.4) is 0 Å². The molecule has 0 spiro atoms. The summed E-state index contributed by atoms with van der Waals surface area (Å²) in [7, 11) is 11.3. The Kier molecular flexibility index (Phi) is 16.7. The number of benzene rings is 2. The number of rotatable bonds is 6. The normalized spacial score (nSPS) is 21.9. The topological polar surface area (TPSA) is 28.1 Å². The average Bonchev–Trinajstić information content (AvgIpc) is 3.59. The Morgan fingerprint density at radius 1 is 0.750 bits per heavy atom. The van der Waals surface area contributed by atoms with E-state index in [1.807, 2.05) is 48.8 Å². The molecule has 2 heterocycles. The summed E-state index contributed by atoms with van der Waals surface area (Å²) >= 11 is -1.61. The van der Waals surface area contributed by atoms with Gasteiger partial charge in [-0.15, -0.1) is 6.67 Å². The van der Waals surface area contributed by atoms with Crippen molar-refractivity contribution in [2.45, 2.75) is 133 Å². The summed E-state index contributed by atoms with van der Waals surface area (Å²) < 4.78 is 74.9. The third kappa shape index (κ3) is 11.0. The van der Waals surface area contributed by atoms with Crippen LogP contribution in [0.15, 0.2) is 35.4 Å². The molecule has 3 aliphatic carbocycles. The van der Waals surface area contributed by atoms with E-state index in [2.05, 4.69) is 5.10 Å². The first-order valence-corrected chi connectivity index (χ1v) is 26.1. The Bertz CT molecular complexity index is 1430. The van der Waals surface area contributed by atoms with Gasteiger partial charge in [0, 0.05) is 14.0 Å². The molecule has 4 fully saturated rings. The van der Waals surface area contributed by atoms with Gasteiger partial charge in [0.15, 0.2) is 23.3 Å². The van der Waals surface area contributed by atoms with Crippen molar-refractivity contribution < 1.29 is 40.2 Å². The van der Waals surface area contributed by atoms with Crippen molar-refractivity contribution in [1.29, 1.82) is 0 Å². The number of hydrogen-bond acceptors (Lipinski definition) is 4. The van der Waals surface area contributed by atoms with Crippen LogP contribution in [-0.4, -0.2) is 51.6 Å². The zero-order valence-electron chi connectivity index (χ0n) is 30.2. The summed E-state index contributed by atoms with van der Waals surface area (Å²) in [5.41, 5.74) is 3.69. The monoisotopic (exact) mass is 877 g/mol. The van der Waals surface area contributed by atoms with E-state index in [1.165, 1.54) is 23.6 Å². The van der Waals surface area contributed by atoms with Gasteiger partial charge in [0.1, 0.15) is 18.1 Å². The molecule has 0 amide bonds. The Labute approximate surface area is 321 Å². The molecule has 2 aliphatic heterocycles. The van der Waals surface area contributed by atoms with E-state index in [9.17, 15) is 22.0 Å². The molecule has 0 aromatic heterocycles. The van der Waals surface area contributed by atoms with Gasteiger partial charge in [-0.2, -0.15) is 5.10 Å². The summed E-state index contributed by atoms with van der Waals surface area (Å²) in [5.74, 6) is -9.58. The number of anilines is 1. The molecule has 2 aromatic carbocycles. The summed E-state index contributed by atoms with van der Waals surface area (Å²) in [6.45, 7) is 5.53. The Morgan fingerprint density at radius 2 is 1.21 bits per heavy atom. The van der Waals surface area contributed by atoms with Crippen LogP contribution in [0.5, 0.6) is 0 Å². The van der Waals surface area contributed by atoms with Crippen molar-refractivity contribution in [3.05, 3.63) is 71.7 Å². The molecule has 0 N–H and O–H groups in total. The quantitative estimate of drug-likeness (QED) is 0.0723. The number of amidine groups is 1. The number of ether oxygens (including phenoxy) is 1. The number of morpholine rings is 1. The maximum absolute atomic E-state index is 13.9. The van der Waals surface area contributed by atoms with Gasteiger partial charge in [-0.25, -0.2) is 22.0 Å². The molecule has 52 heavy (non-hydrogen) atoms. The Morgan fingerprint density at radius 3 is 1.65 bits per heavy atom. The second kappa shape index (κ2) is 20.7. The zero-order chi connectivity index (χ0) is 37.2. The summed E-state index contributed by atoms with van der Waals surface area (Å²) in [6, 6.07) is 9.75. The van der Waals surface area contributed by atoms with Crippen LogP contribution >= 0.6 is 27.3 Å². The minimum atomic E-state index is -2.20. The van der Waals surface area contributed by atoms with Crippen LogP contribution in [0, 0.1) is 41.7 Å². The molecule has 1 atom stereocenters. The van der Waals surface area contributed by atoms with Crippen molar-refractivity contribution in [2.75, 3.05) is 18.2 Å². The zero-order valence-corrected chi connectivity index (χ0v) is 34.4. The van der Waals surface area contributed by atoms with Crippen molar-refractivity contribution in [3.8, 4) is 0 Å². The Balaban J connectivity index is 0.000000162. The van der Waals surface area contributed by atoms with Crippen molar-refractivity contribution >= 4 is 43.4 Å². The molecule has 13 heteroatoms. The van der Waals surface area contributed by atoms with Crippen LogP contribution in [-0.2, 0) is 18.3 Å². The van der Waals surface area contributed by atoms with E-state index in [-0.39, 0.29) is 26.5 Å². The van der Waals surface area contributed by atoms with Crippen LogP contribution in [0.25, 0.3) is 0 Å². The molecule has 3 saturated carbocycles. The molecule has 292 valence electrons. The van der Waals surface area contributed by atoms with Gasteiger partial charge < -0.3 is 14.6 Å². The predicted octanol–water partition coefficient (Wildman–Crippen LogP) is 12.0. The van der Waals surface area contributed by atoms with Gasteiger partial charge in [-0.3, -0.25) is 0 Å². The first-order valence-electron chi connectivity index (χ1n) is 18.9. The van der Waals surface area contributed by atoms with Gasteiger partial charge in [0.25, 0.3) is 0 Å². The molecule has 1 saturated heterocycles. The molecule has 0 unspecified atom stereocenters. The fourth-order valence-electron chi connectivity index (χ4n) is 8.45. The van der Waals surface area contributed by atoms with E-state index >= 15 is 0 Å². The number of halogens is 7. The van der Waals surface area contributed by atoms with Gasteiger partial charge in [-0.05, 0) is 83.0 Å². The summed E-state index contributed by atoms with van der Waals surface area (Å²) in [6.07, 6.45) is 23.8. The molecule has 5 aliphatic rings. The third-order valence-corrected chi connectivity index (χ3v) is 17.5. The second-order valence-corrected chi connectivity index (χ2v) is 24.0. The van der Waals surface area contributed by atoms with E-state index in [0.717, 1.165) is 5.56 Å². The van der Waals surface area contributed by atoms with E-state index in [4.69, 9.17) is 24.1 Å². The molecule has 0 bridgehead atoms. The van der Waals surface area contributed by atoms with Gasteiger partial charge in [0.2, 0.25) is 5.82 Å². The fourth-order valence-corrected chi connectivity index (χ4v) is 15.5. The second-order valence-electron chi connectivity index (χ2n) is 14.9. The van der Waals surface area contributed by atoms with E-state index in [0.29, 0.717) is 17.5 Å². The Hall–Kier alpha value is -1.18. The molecule has 4 nitrogen and oxygen atoms in total. The van der Waals surface area contributed by atoms with E-state index in [1.54, 1.807) is 101 Å². The van der Waals surface area contributed by atoms with E-state index < -0.39 is 48.3 Å². The van der Waals surface area contributed by atoms with Gasteiger partial charge >= 0.3 is 73.4 Å².